The normalized spacial score (nSPS) is 32.0. The third-order valence-corrected chi connectivity index (χ3v) is 5.52. The van der Waals surface area contributed by atoms with E-state index in [1.165, 1.54) is 6.42 Å². The fraction of sp³-hybridized carbons (Fsp3) is 0.421. The van der Waals surface area contributed by atoms with E-state index in [4.69, 9.17) is 0 Å². The highest BCUT2D eigenvalue weighted by molar-refractivity contribution is 5.82. The van der Waals surface area contributed by atoms with Gasteiger partial charge >= 0.3 is 0 Å². The molecule has 2 unspecified atom stereocenters. The molecule has 3 saturated heterocycles. The van der Waals surface area contributed by atoms with Gasteiger partial charge in [-0.25, -0.2) is 0 Å². The van der Waals surface area contributed by atoms with Crippen LogP contribution in [0.5, 0.6) is 0 Å². The predicted octanol–water partition coefficient (Wildman–Crippen LogP) is 3.16. The Kier molecular flexibility index (Phi) is 3.47. The smallest absolute Gasteiger partial charge is 0.0952 e. The Morgan fingerprint density at radius 1 is 1.32 bits per heavy atom. The van der Waals surface area contributed by atoms with Crippen LogP contribution in [-0.4, -0.2) is 34.1 Å². The van der Waals surface area contributed by atoms with Crippen molar-refractivity contribution >= 4 is 10.9 Å². The number of nitrogens with zero attached hydrogens (tertiary/aromatic N) is 2. The van der Waals surface area contributed by atoms with Crippen molar-refractivity contribution in [3.05, 3.63) is 54.7 Å². The van der Waals surface area contributed by atoms with Crippen LogP contribution in [0, 0.1) is 11.8 Å². The Morgan fingerprint density at radius 2 is 2.18 bits per heavy atom. The van der Waals surface area contributed by atoms with E-state index in [2.05, 4.69) is 28.6 Å². The molecule has 3 heteroatoms. The molecule has 3 aliphatic heterocycles. The second kappa shape index (κ2) is 5.49. The quantitative estimate of drug-likeness (QED) is 0.883. The van der Waals surface area contributed by atoms with Crippen molar-refractivity contribution in [3.8, 4) is 0 Å². The minimum Gasteiger partial charge on any atom is -0.387 e. The van der Waals surface area contributed by atoms with Crippen LogP contribution in [0.3, 0.4) is 0 Å². The zero-order valence-electron chi connectivity index (χ0n) is 12.7. The topological polar surface area (TPSA) is 36.4 Å². The molecule has 1 aromatic carbocycles. The summed E-state index contributed by atoms with van der Waals surface area (Å²) in [6, 6.07) is 10.3. The highest BCUT2D eigenvalue weighted by Gasteiger charge is 2.42. The highest BCUT2D eigenvalue weighted by atomic mass is 16.3. The van der Waals surface area contributed by atoms with Gasteiger partial charge in [-0.15, -0.1) is 6.58 Å². The van der Waals surface area contributed by atoms with Gasteiger partial charge in [0.25, 0.3) is 0 Å². The molecule has 5 atom stereocenters. The SMILES string of the molecule is C=C[C@H]1CN2CC[C@@H]1C[C@@H]2C(O)c1ccnc2ccccc12. The Balaban J connectivity index is 1.67. The van der Waals surface area contributed by atoms with Crippen molar-refractivity contribution in [3.63, 3.8) is 0 Å². The third kappa shape index (κ3) is 2.16. The van der Waals surface area contributed by atoms with E-state index in [0.29, 0.717) is 11.8 Å². The minimum atomic E-state index is -0.443. The molecule has 114 valence electrons. The lowest BCUT2D eigenvalue weighted by Gasteiger charge is -2.50. The molecule has 22 heavy (non-hydrogen) atoms. The molecule has 2 bridgehead atoms. The molecule has 0 radical (unpaired) electrons. The van der Waals surface area contributed by atoms with Crippen LogP contribution in [0.2, 0.25) is 0 Å². The Hall–Kier alpha value is -1.71. The number of hydrogen-bond donors (Lipinski definition) is 1. The van der Waals surface area contributed by atoms with E-state index in [-0.39, 0.29) is 6.04 Å². The van der Waals surface area contributed by atoms with E-state index < -0.39 is 6.10 Å². The van der Waals surface area contributed by atoms with Gasteiger partial charge in [-0.3, -0.25) is 9.88 Å². The number of aliphatic hydroxyl groups excluding tert-OH is 1. The second-order valence-electron chi connectivity index (χ2n) is 6.61. The van der Waals surface area contributed by atoms with Gasteiger partial charge in [0.05, 0.1) is 11.6 Å². The number of pyridine rings is 1. The monoisotopic (exact) mass is 294 g/mol. The molecule has 1 aromatic heterocycles. The fourth-order valence-electron chi connectivity index (χ4n) is 4.29. The average molecular weight is 294 g/mol. The van der Waals surface area contributed by atoms with Crippen LogP contribution in [0.4, 0.5) is 0 Å². The molecular weight excluding hydrogens is 272 g/mol. The summed E-state index contributed by atoms with van der Waals surface area (Å²) in [5.41, 5.74) is 1.97. The van der Waals surface area contributed by atoms with Gasteiger partial charge < -0.3 is 5.11 Å². The summed E-state index contributed by atoms with van der Waals surface area (Å²) in [5, 5.41) is 12.1. The van der Waals surface area contributed by atoms with E-state index in [1.54, 1.807) is 0 Å². The molecule has 3 aliphatic rings. The first-order chi connectivity index (χ1) is 10.8. The van der Waals surface area contributed by atoms with Gasteiger partial charge in [-0.1, -0.05) is 24.3 Å². The summed E-state index contributed by atoms with van der Waals surface area (Å²) in [4.78, 5) is 6.86. The van der Waals surface area contributed by atoms with Crippen LogP contribution >= 0.6 is 0 Å². The molecule has 1 N–H and O–H groups in total. The molecule has 3 nitrogen and oxygen atoms in total. The lowest BCUT2D eigenvalue weighted by atomic mass is 9.73. The van der Waals surface area contributed by atoms with Crippen molar-refractivity contribution < 1.29 is 5.11 Å². The van der Waals surface area contributed by atoms with Crippen molar-refractivity contribution in [2.75, 3.05) is 13.1 Å². The minimum absolute atomic E-state index is 0.223. The lowest BCUT2D eigenvalue weighted by molar-refractivity contribution is -0.0444. The maximum absolute atomic E-state index is 11.0. The summed E-state index contributed by atoms with van der Waals surface area (Å²) in [5.74, 6) is 1.27. The van der Waals surface area contributed by atoms with Crippen LogP contribution in [0.1, 0.15) is 24.5 Å². The summed E-state index contributed by atoms with van der Waals surface area (Å²) < 4.78 is 0. The molecule has 0 saturated carbocycles. The van der Waals surface area contributed by atoms with Gasteiger partial charge in [0.2, 0.25) is 0 Å². The third-order valence-electron chi connectivity index (χ3n) is 5.52. The molecule has 5 rings (SSSR count). The largest absolute Gasteiger partial charge is 0.387 e. The number of aliphatic hydroxyl groups is 1. The van der Waals surface area contributed by atoms with E-state index in [9.17, 15) is 5.11 Å². The van der Waals surface area contributed by atoms with Crippen molar-refractivity contribution in [2.24, 2.45) is 11.8 Å². The van der Waals surface area contributed by atoms with Gasteiger partial charge in [0.15, 0.2) is 0 Å². The first-order valence-corrected chi connectivity index (χ1v) is 8.16. The Labute approximate surface area is 131 Å². The van der Waals surface area contributed by atoms with E-state index >= 15 is 0 Å². The van der Waals surface area contributed by atoms with Crippen molar-refractivity contribution in [1.82, 2.24) is 9.88 Å². The zero-order valence-corrected chi connectivity index (χ0v) is 12.7. The molecule has 4 heterocycles. The van der Waals surface area contributed by atoms with Gasteiger partial charge in [-0.2, -0.15) is 0 Å². The molecular formula is C19H22N2O. The van der Waals surface area contributed by atoms with Crippen molar-refractivity contribution in [1.29, 1.82) is 0 Å². The number of fused-ring (bicyclic) bond motifs is 4. The van der Waals surface area contributed by atoms with Gasteiger partial charge in [0.1, 0.15) is 0 Å². The van der Waals surface area contributed by atoms with Crippen LogP contribution < -0.4 is 0 Å². The van der Waals surface area contributed by atoms with Crippen molar-refractivity contribution in [2.45, 2.75) is 25.0 Å². The van der Waals surface area contributed by atoms with E-state index in [1.807, 2.05) is 30.5 Å². The Bertz CT molecular complexity index is 693. The maximum Gasteiger partial charge on any atom is 0.0952 e. The lowest BCUT2D eigenvalue weighted by Crippen LogP contribution is -2.54. The fourth-order valence-corrected chi connectivity index (χ4v) is 4.29. The average Bonchev–Trinajstić information content (AvgIpc) is 2.60. The molecule has 2 aromatic rings. The number of piperidine rings is 3. The van der Waals surface area contributed by atoms with Crippen LogP contribution in [0.15, 0.2) is 49.2 Å². The summed E-state index contributed by atoms with van der Waals surface area (Å²) in [7, 11) is 0. The predicted molar refractivity (Wildman–Crippen MR) is 88.5 cm³/mol. The van der Waals surface area contributed by atoms with Gasteiger partial charge in [0, 0.05) is 24.2 Å². The van der Waals surface area contributed by atoms with Gasteiger partial charge in [-0.05, 0) is 48.9 Å². The maximum atomic E-state index is 11.0. The first-order valence-electron chi connectivity index (χ1n) is 8.16. The highest BCUT2D eigenvalue weighted by Crippen LogP contribution is 2.41. The molecule has 3 fully saturated rings. The number of benzene rings is 1. The number of aromatic nitrogens is 1. The summed E-state index contributed by atoms with van der Waals surface area (Å²) >= 11 is 0. The molecule has 0 amide bonds. The zero-order chi connectivity index (χ0) is 15.1. The van der Waals surface area contributed by atoms with E-state index in [0.717, 1.165) is 36.0 Å². The number of para-hydroxylation sites is 1. The number of rotatable bonds is 3. The molecule has 0 aliphatic carbocycles. The van der Waals surface area contributed by atoms with Crippen LogP contribution in [0.25, 0.3) is 10.9 Å². The van der Waals surface area contributed by atoms with Crippen LogP contribution in [-0.2, 0) is 0 Å². The summed E-state index contributed by atoms with van der Waals surface area (Å²) in [6.07, 6.45) is 5.76. The second-order valence-corrected chi connectivity index (χ2v) is 6.61. The standard InChI is InChI=1S/C19H22N2O/c1-2-13-12-21-10-8-14(13)11-18(21)19(22)16-7-9-20-17-6-4-3-5-15(16)17/h2-7,9,13-14,18-19,22H,1,8,10-12H2/t13-,14+,18+,19?/m0/s1. The summed E-state index contributed by atoms with van der Waals surface area (Å²) in [6.45, 7) is 6.11. The first kappa shape index (κ1) is 13.9. The Morgan fingerprint density at radius 3 is 2.95 bits per heavy atom. The number of hydrogen-bond acceptors (Lipinski definition) is 3. The molecule has 0 spiro atoms.